The zero-order valence-electron chi connectivity index (χ0n) is 15.7. The van der Waals surface area contributed by atoms with Crippen LogP contribution in [0.2, 0.25) is 0 Å². The van der Waals surface area contributed by atoms with E-state index in [0.717, 1.165) is 17.7 Å². The van der Waals surface area contributed by atoms with E-state index in [4.69, 9.17) is 11.2 Å². The van der Waals surface area contributed by atoms with Crippen LogP contribution >= 0.6 is 0 Å². The summed E-state index contributed by atoms with van der Waals surface area (Å²) in [6.07, 6.45) is 7.23. The number of benzene rings is 2. The Morgan fingerprint density at radius 1 is 1.00 bits per heavy atom. The van der Waals surface area contributed by atoms with Gasteiger partial charge >= 0.3 is 0 Å². The van der Waals surface area contributed by atoms with Gasteiger partial charge in [-0.15, -0.1) is 6.42 Å². The molecule has 0 aliphatic rings. The minimum absolute atomic E-state index is 0.00430. The van der Waals surface area contributed by atoms with Crippen molar-refractivity contribution in [2.75, 3.05) is 13.2 Å². The van der Waals surface area contributed by atoms with Crippen LogP contribution in [-0.2, 0) is 17.6 Å². The van der Waals surface area contributed by atoms with Crippen molar-refractivity contribution < 1.29 is 14.3 Å². The second-order valence-electron chi connectivity index (χ2n) is 6.21. The maximum absolute atomic E-state index is 12.1. The van der Waals surface area contributed by atoms with Crippen LogP contribution in [0.1, 0.15) is 41.3 Å². The quantitative estimate of drug-likeness (QED) is 0.518. The van der Waals surface area contributed by atoms with Gasteiger partial charge in [0.15, 0.2) is 5.78 Å². The summed E-state index contributed by atoms with van der Waals surface area (Å²) in [5.41, 5.74) is 2.95. The minimum Gasteiger partial charge on any atom is -0.481 e. The summed E-state index contributed by atoms with van der Waals surface area (Å²) in [6.45, 7) is 2.85. The van der Waals surface area contributed by atoms with Gasteiger partial charge < -0.3 is 10.1 Å². The van der Waals surface area contributed by atoms with Crippen LogP contribution in [0.4, 0.5) is 0 Å². The molecular weight excluding hydrogens is 338 g/mol. The number of rotatable bonds is 10. The Kier molecular flexibility index (Phi) is 8.12. The fourth-order valence-electron chi connectivity index (χ4n) is 2.61. The number of aryl methyl sites for hydroxylation is 1. The van der Waals surface area contributed by atoms with Crippen LogP contribution in [0.5, 0.6) is 5.75 Å². The van der Waals surface area contributed by atoms with Crippen LogP contribution in [0, 0.1) is 12.3 Å². The first-order valence-electron chi connectivity index (χ1n) is 9.16. The molecule has 2 aromatic carbocycles. The van der Waals surface area contributed by atoms with Gasteiger partial charge in [0.1, 0.15) is 12.4 Å². The molecule has 0 aromatic heterocycles. The van der Waals surface area contributed by atoms with E-state index in [-0.39, 0.29) is 31.1 Å². The molecular formula is C23H25NO3. The summed E-state index contributed by atoms with van der Waals surface area (Å²) in [4.78, 5) is 24.1. The van der Waals surface area contributed by atoms with Gasteiger partial charge in [-0.2, -0.15) is 0 Å². The molecule has 4 heteroatoms. The molecule has 0 fully saturated rings. The highest BCUT2D eigenvalue weighted by Gasteiger charge is 2.09. The number of terminal acetylenes is 1. The first-order valence-corrected chi connectivity index (χ1v) is 9.16. The molecule has 2 rings (SSSR count). The van der Waals surface area contributed by atoms with Crippen LogP contribution < -0.4 is 10.1 Å². The lowest BCUT2D eigenvalue weighted by molar-refractivity contribution is -0.121. The van der Waals surface area contributed by atoms with Gasteiger partial charge in [0.2, 0.25) is 5.91 Å². The summed E-state index contributed by atoms with van der Waals surface area (Å²) >= 11 is 0. The molecule has 1 amide bonds. The van der Waals surface area contributed by atoms with Gasteiger partial charge in [0.25, 0.3) is 0 Å². The molecule has 2 aromatic rings. The van der Waals surface area contributed by atoms with Crippen LogP contribution in [-0.4, -0.2) is 24.8 Å². The highest BCUT2D eigenvalue weighted by Crippen LogP contribution is 2.12. The van der Waals surface area contributed by atoms with Crippen molar-refractivity contribution in [1.82, 2.24) is 5.32 Å². The lowest BCUT2D eigenvalue weighted by Crippen LogP contribution is -2.26. The van der Waals surface area contributed by atoms with Crippen molar-refractivity contribution >= 4 is 11.7 Å². The number of ketones is 1. The number of hydrogen-bond acceptors (Lipinski definition) is 3. The number of nitrogens with one attached hydrogen (secondary N) is 1. The van der Waals surface area contributed by atoms with E-state index in [2.05, 4.69) is 18.2 Å². The van der Waals surface area contributed by atoms with Gasteiger partial charge in [-0.3, -0.25) is 9.59 Å². The van der Waals surface area contributed by atoms with E-state index >= 15 is 0 Å². The van der Waals surface area contributed by atoms with Gasteiger partial charge in [-0.25, -0.2) is 0 Å². The highest BCUT2D eigenvalue weighted by atomic mass is 16.5. The van der Waals surface area contributed by atoms with Crippen LogP contribution in [0.15, 0.2) is 48.5 Å². The fraction of sp³-hybridized carbons (Fsp3) is 0.304. The second-order valence-corrected chi connectivity index (χ2v) is 6.21. The molecule has 27 heavy (non-hydrogen) atoms. The Labute approximate surface area is 160 Å². The normalized spacial score (nSPS) is 10.1. The van der Waals surface area contributed by atoms with Crippen LogP contribution in [0.3, 0.4) is 0 Å². The van der Waals surface area contributed by atoms with Crippen molar-refractivity contribution in [2.24, 2.45) is 0 Å². The second kappa shape index (κ2) is 10.8. The first-order chi connectivity index (χ1) is 13.1. The van der Waals surface area contributed by atoms with Gasteiger partial charge in [-0.05, 0) is 36.1 Å². The molecule has 0 atom stereocenters. The van der Waals surface area contributed by atoms with E-state index < -0.39 is 0 Å². The lowest BCUT2D eigenvalue weighted by atomic mass is 10.0. The standard InChI is InChI=1S/C23H25NO3/c1-3-17-27-21-11-7-19(8-12-21)15-16-24-23(26)14-13-22(25)20-9-5-18(4-2)6-10-20/h1,5-12H,4,13-17H2,2H3,(H,24,26). The Morgan fingerprint density at radius 2 is 1.67 bits per heavy atom. The maximum atomic E-state index is 12.1. The average Bonchev–Trinajstić information content (AvgIpc) is 2.71. The Balaban J connectivity index is 1.68. The highest BCUT2D eigenvalue weighted by molar-refractivity contribution is 5.97. The molecule has 0 saturated heterocycles. The largest absolute Gasteiger partial charge is 0.481 e. The van der Waals surface area contributed by atoms with Crippen molar-refractivity contribution in [2.45, 2.75) is 32.6 Å². The van der Waals surface area contributed by atoms with Crippen molar-refractivity contribution in [3.63, 3.8) is 0 Å². The molecule has 0 aliphatic carbocycles. The molecule has 1 N–H and O–H groups in total. The molecule has 4 nitrogen and oxygen atoms in total. The lowest BCUT2D eigenvalue weighted by Gasteiger charge is -2.07. The SMILES string of the molecule is C#CCOc1ccc(CCNC(=O)CCC(=O)c2ccc(CC)cc2)cc1. The fourth-order valence-corrected chi connectivity index (χ4v) is 2.61. The van der Waals surface area contributed by atoms with E-state index in [1.165, 1.54) is 5.56 Å². The zero-order valence-corrected chi connectivity index (χ0v) is 15.7. The molecule has 140 valence electrons. The molecule has 0 aliphatic heterocycles. The smallest absolute Gasteiger partial charge is 0.220 e. The zero-order chi connectivity index (χ0) is 19.5. The summed E-state index contributed by atoms with van der Waals surface area (Å²) in [5.74, 6) is 3.03. The van der Waals surface area contributed by atoms with E-state index in [1.54, 1.807) is 0 Å². The summed E-state index contributed by atoms with van der Waals surface area (Å²) in [7, 11) is 0. The molecule has 0 spiro atoms. The Morgan fingerprint density at radius 3 is 2.30 bits per heavy atom. The molecule has 0 heterocycles. The Bertz CT molecular complexity index is 786. The Hall–Kier alpha value is -3.06. The van der Waals surface area contributed by atoms with Crippen molar-refractivity contribution in [3.8, 4) is 18.1 Å². The van der Waals surface area contributed by atoms with Gasteiger partial charge in [-0.1, -0.05) is 49.2 Å². The number of hydrogen-bond donors (Lipinski definition) is 1. The number of carbonyl (C=O) groups is 2. The molecule has 0 saturated carbocycles. The maximum Gasteiger partial charge on any atom is 0.220 e. The van der Waals surface area contributed by atoms with E-state index in [9.17, 15) is 9.59 Å². The minimum atomic E-state index is -0.109. The number of ether oxygens (including phenoxy) is 1. The molecule has 0 bridgehead atoms. The predicted octanol–water partition coefficient (Wildman–Crippen LogP) is 3.58. The first kappa shape index (κ1) is 20.3. The van der Waals surface area contributed by atoms with Gasteiger partial charge in [0.05, 0.1) is 0 Å². The van der Waals surface area contributed by atoms with Crippen molar-refractivity contribution in [1.29, 1.82) is 0 Å². The third kappa shape index (κ3) is 6.99. The monoisotopic (exact) mass is 363 g/mol. The average molecular weight is 363 g/mol. The van der Waals surface area contributed by atoms with E-state index in [1.807, 2.05) is 48.5 Å². The predicted molar refractivity (Wildman–Crippen MR) is 107 cm³/mol. The number of amides is 1. The van der Waals surface area contributed by atoms with Crippen molar-refractivity contribution in [3.05, 3.63) is 65.2 Å². The molecule has 0 radical (unpaired) electrons. The third-order valence-electron chi connectivity index (χ3n) is 4.24. The summed E-state index contributed by atoms with van der Waals surface area (Å²) in [6, 6.07) is 15.2. The summed E-state index contributed by atoms with van der Waals surface area (Å²) < 4.78 is 5.32. The third-order valence-corrected chi connectivity index (χ3v) is 4.24. The number of carbonyl (C=O) groups excluding carboxylic acids is 2. The van der Waals surface area contributed by atoms with E-state index in [0.29, 0.717) is 18.5 Å². The number of Topliss-reactive ketones (excluding diaryl/α,β-unsaturated/α-hetero) is 1. The summed E-state index contributed by atoms with van der Waals surface area (Å²) in [5, 5.41) is 2.86. The topological polar surface area (TPSA) is 55.4 Å². The molecule has 0 unspecified atom stereocenters. The van der Waals surface area contributed by atoms with Crippen LogP contribution in [0.25, 0.3) is 0 Å². The van der Waals surface area contributed by atoms with Gasteiger partial charge in [0, 0.05) is 24.9 Å².